The number of hydrogen-bond acceptors (Lipinski definition) is 14. The molecule has 2 N–H and O–H groups in total. The number of ether oxygens (including phenoxy) is 2. The number of amides is 8. The van der Waals surface area contributed by atoms with Gasteiger partial charge in [0.25, 0.3) is 23.6 Å². The van der Waals surface area contributed by atoms with Crippen molar-refractivity contribution in [2.24, 2.45) is 0 Å². The highest BCUT2D eigenvalue weighted by atomic mass is 16.7. The zero-order valence-electron chi connectivity index (χ0n) is 31.1. The molecule has 2 aliphatic rings. The summed E-state index contributed by atoms with van der Waals surface area (Å²) < 4.78 is 10.4. The number of hydrogen-bond donors (Lipinski definition) is 2. The van der Waals surface area contributed by atoms with Crippen LogP contribution in [0.5, 0.6) is 0 Å². The molecule has 0 bridgehead atoms. The van der Waals surface area contributed by atoms with E-state index in [1.165, 1.54) is 4.90 Å². The Labute approximate surface area is 307 Å². The zero-order chi connectivity index (χ0) is 39.9. The molecule has 0 radical (unpaired) electrons. The minimum absolute atomic E-state index is 0.0483. The van der Waals surface area contributed by atoms with E-state index in [2.05, 4.69) is 10.6 Å². The van der Waals surface area contributed by atoms with Gasteiger partial charge in [-0.05, 0) is 60.8 Å². The third-order valence-electron chi connectivity index (χ3n) is 7.07. The third-order valence-corrected chi connectivity index (χ3v) is 7.07. The van der Waals surface area contributed by atoms with Gasteiger partial charge in [-0.15, -0.1) is 10.1 Å². The fourth-order valence-corrected chi connectivity index (χ4v) is 4.74. The van der Waals surface area contributed by atoms with E-state index in [-0.39, 0.29) is 87.2 Å². The van der Waals surface area contributed by atoms with Crippen LogP contribution in [-0.2, 0) is 57.5 Å². The standard InChI is InChI=1S/C33H50N6O14/c1-32(2,3)50-30(48)34-16-8-18-36(19-9-17-35-31(49)51-33(4,5)6)22(40)10-7-11-23(41)37(20-28(46)52-38-24(42)12-13-25(38)43)21-29(47)53-39-26(44)14-15-27(39)45/h7-21H2,1-6H3,(H,34,48)(H,35,49). The summed E-state index contributed by atoms with van der Waals surface area (Å²) in [6, 6.07) is 0. The summed E-state index contributed by atoms with van der Waals surface area (Å²) in [6.07, 6.45) is -1.80. The van der Waals surface area contributed by atoms with Crippen LogP contribution in [0.2, 0.25) is 0 Å². The highest BCUT2D eigenvalue weighted by Gasteiger charge is 2.36. The average molecular weight is 755 g/mol. The molecule has 0 aliphatic carbocycles. The number of nitrogens with zero attached hydrogens (tertiary/aromatic N) is 4. The first-order valence-corrected chi connectivity index (χ1v) is 17.3. The maximum Gasteiger partial charge on any atom is 0.407 e. The number of nitrogens with one attached hydrogen (secondary N) is 2. The van der Waals surface area contributed by atoms with Crippen molar-refractivity contribution in [2.45, 2.75) is 111 Å². The molecule has 0 atom stereocenters. The number of imide groups is 2. The van der Waals surface area contributed by atoms with Gasteiger partial charge in [0.05, 0.1) is 0 Å². The Hall–Kier alpha value is -5.30. The summed E-state index contributed by atoms with van der Waals surface area (Å²) >= 11 is 0. The van der Waals surface area contributed by atoms with E-state index in [4.69, 9.17) is 19.1 Å². The van der Waals surface area contributed by atoms with Crippen LogP contribution in [0.1, 0.15) is 99.3 Å². The molecule has 0 spiro atoms. The lowest BCUT2D eigenvalue weighted by Gasteiger charge is -2.25. The number of carbonyl (C=O) groups is 10. The lowest BCUT2D eigenvalue weighted by molar-refractivity contribution is -0.201. The normalized spacial score (nSPS) is 14.5. The van der Waals surface area contributed by atoms with Crippen LogP contribution >= 0.6 is 0 Å². The van der Waals surface area contributed by atoms with Gasteiger partial charge >= 0.3 is 24.1 Å². The Kier molecular flexibility index (Phi) is 16.6. The van der Waals surface area contributed by atoms with Crippen molar-refractivity contribution >= 4 is 59.6 Å². The molecule has 0 aromatic heterocycles. The van der Waals surface area contributed by atoms with Gasteiger partial charge in [0, 0.05) is 64.7 Å². The van der Waals surface area contributed by atoms with Gasteiger partial charge in [-0.1, -0.05) is 0 Å². The van der Waals surface area contributed by atoms with Crippen LogP contribution in [0, 0.1) is 0 Å². The summed E-state index contributed by atoms with van der Waals surface area (Å²) in [7, 11) is 0. The Morgan fingerprint density at radius 3 is 1.25 bits per heavy atom. The first kappa shape index (κ1) is 43.9. The monoisotopic (exact) mass is 754 g/mol. The van der Waals surface area contributed by atoms with Crippen LogP contribution in [0.4, 0.5) is 9.59 Å². The molecule has 8 amide bonds. The van der Waals surface area contributed by atoms with Crippen LogP contribution in [0.3, 0.4) is 0 Å². The maximum atomic E-state index is 13.3. The molecule has 2 aliphatic heterocycles. The molecule has 20 heteroatoms. The molecule has 53 heavy (non-hydrogen) atoms. The number of carbonyl (C=O) groups excluding carboxylic acids is 10. The van der Waals surface area contributed by atoms with Crippen molar-refractivity contribution in [3.05, 3.63) is 0 Å². The molecule has 296 valence electrons. The molecular weight excluding hydrogens is 704 g/mol. The van der Waals surface area contributed by atoms with Gasteiger partial charge in [0.2, 0.25) is 11.8 Å². The molecule has 2 saturated heterocycles. The van der Waals surface area contributed by atoms with Gasteiger partial charge in [0.15, 0.2) is 0 Å². The van der Waals surface area contributed by atoms with Gasteiger partial charge < -0.3 is 39.6 Å². The Balaban J connectivity index is 2.02. The van der Waals surface area contributed by atoms with E-state index < -0.39 is 78.0 Å². The van der Waals surface area contributed by atoms with Gasteiger partial charge in [0.1, 0.15) is 24.3 Å². The van der Waals surface area contributed by atoms with E-state index in [0.29, 0.717) is 17.7 Å². The summed E-state index contributed by atoms with van der Waals surface area (Å²) in [5.41, 5.74) is -1.39. The van der Waals surface area contributed by atoms with Crippen LogP contribution in [0.15, 0.2) is 0 Å². The smallest absolute Gasteiger partial charge is 0.407 e. The van der Waals surface area contributed by atoms with Crippen molar-refractivity contribution in [3.63, 3.8) is 0 Å². The minimum atomic E-state index is -1.23. The molecular formula is C33H50N6O14. The fourth-order valence-electron chi connectivity index (χ4n) is 4.74. The Bertz CT molecular complexity index is 1300. The summed E-state index contributed by atoms with van der Waals surface area (Å²) in [5, 5.41) is 5.77. The van der Waals surface area contributed by atoms with Gasteiger partial charge in [-0.2, -0.15) is 0 Å². The van der Waals surface area contributed by atoms with E-state index in [0.717, 1.165) is 0 Å². The van der Waals surface area contributed by atoms with Crippen molar-refractivity contribution in [1.29, 1.82) is 0 Å². The molecule has 2 heterocycles. The molecule has 2 fully saturated rings. The van der Waals surface area contributed by atoms with Crippen molar-refractivity contribution in [2.75, 3.05) is 39.3 Å². The van der Waals surface area contributed by atoms with E-state index in [9.17, 15) is 47.9 Å². The quantitative estimate of drug-likeness (QED) is 0.146. The van der Waals surface area contributed by atoms with Crippen LogP contribution in [-0.4, -0.2) is 130 Å². The van der Waals surface area contributed by atoms with E-state index in [1.54, 1.807) is 41.5 Å². The van der Waals surface area contributed by atoms with E-state index >= 15 is 0 Å². The lowest BCUT2D eigenvalue weighted by atomic mass is 10.2. The second kappa shape index (κ2) is 20.1. The molecule has 20 nitrogen and oxygen atoms in total. The second-order valence-corrected chi connectivity index (χ2v) is 14.1. The van der Waals surface area contributed by atoms with Crippen molar-refractivity contribution in [3.8, 4) is 0 Å². The van der Waals surface area contributed by atoms with Gasteiger partial charge in [-0.25, -0.2) is 19.2 Å². The molecule has 0 aromatic rings. The van der Waals surface area contributed by atoms with Crippen LogP contribution < -0.4 is 10.6 Å². The highest BCUT2D eigenvalue weighted by Crippen LogP contribution is 2.15. The fraction of sp³-hybridized carbons (Fsp3) is 0.697. The Morgan fingerprint density at radius 2 is 0.906 bits per heavy atom. The largest absolute Gasteiger partial charge is 0.444 e. The average Bonchev–Trinajstić information content (AvgIpc) is 3.52. The SMILES string of the molecule is CC(C)(C)OC(=O)NCCCN(CCCNC(=O)OC(C)(C)C)C(=O)CCCC(=O)N(CC(=O)ON1C(=O)CCC1=O)CC(=O)ON1C(=O)CCC1=O. The first-order valence-electron chi connectivity index (χ1n) is 17.3. The van der Waals surface area contributed by atoms with Crippen LogP contribution in [0.25, 0.3) is 0 Å². The molecule has 0 unspecified atom stereocenters. The second-order valence-electron chi connectivity index (χ2n) is 14.1. The molecule has 0 aromatic carbocycles. The predicted octanol–water partition coefficient (Wildman–Crippen LogP) is 0.858. The third kappa shape index (κ3) is 16.7. The van der Waals surface area contributed by atoms with Crippen molar-refractivity contribution in [1.82, 2.24) is 30.6 Å². The van der Waals surface area contributed by atoms with Gasteiger partial charge in [-0.3, -0.25) is 28.8 Å². The Morgan fingerprint density at radius 1 is 0.566 bits per heavy atom. The zero-order valence-corrected chi connectivity index (χ0v) is 31.1. The minimum Gasteiger partial charge on any atom is -0.444 e. The number of alkyl carbamates (subject to hydrolysis) is 2. The van der Waals surface area contributed by atoms with Crippen molar-refractivity contribution < 1.29 is 67.1 Å². The summed E-state index contributed by atoms with van der Waals surface area (Å²) in [5.74, 6) is -6.72. The summed E-state index contributed by atoms with van der Waals surface area (Å²) in [6.45, 7) is 9.29. The first-order chi connectivity index (χ1) is 24.6. The summed E-state index contributed by atoms with van der Waals surface area (Å²) in [4.78, 5) is 135. The molecule has 2 rings (SSSR count). The lowest BCUT2D eigenvalue weighted by Crippen LogP contribution is -2.44. The van der Waals surface area contributed by atoms with E-state index in [1.807, 2.05) is 0 Å². The highest BCUT2D eigenvalue weighted by molar-refractivity contribution is 6.02. The maximum absolute atomic E-state index is 13.3. The number of hydroxylamine groups is 4. The topological polar surface area (TPSA) is 245 Å². The number of rotatable bonds is 18. The molecule has 0 saturated carbocycles. The predicted molar refractivity (Wildman–Crippen MR) is 179 cm³/mol.